The Morgan fingerprint density at radius 1 is 0.917 bits per heavy atom. The van der Waals surface area contributed by atoms with Crippen LogP contribution in [-0.4, -0.2) is 24.2 Å². The van der Waals surface area contributed by atoms with Crippen LogP contribution in [0.25, 0.3) is 10.9 Å². The molecule has 6 nitrogen and oxygen atoms in total. The van der Waals surface area contributed by atoms with Crippen molar-refractivity contribution in [3.05, 3.63) is 42.2 Å². The monoisotopic (exact) mass is 333 g/mol. The Balaban J connectivity index is 2.17. The molecule has 0 aliphatic rings. The molecule has 0 fully saturated rings. The van der Waals surface area contributed by atoms with Crippen molar-refractivity contribution in [2.24, 2.45) is 0 Å². The van der Waals surface area contributed by atoms with E-state index in [0.29, 0.717) is 17.0 Å². The second kappa shape index (κ2) is 6.15. The number of hydrogen-bond acceptors (Lipinski definition) is 6. The van der Waals surface area contributed by atoms with Crippen LogP contribution in [-0.2, 0) is 0 Å². The fraction of sp³-hybridized carbons (Fsp3) is 0.125. The van der Waals surface area contributed by atoms with Crippen LogP contribution in [0.5, 0.6) is 23.1 Å². The minimum atomic E-state index is -0.806. The van der Waals surface area contributed by atoms with E-state index >= 15 is 0 Å². The van der Waals surface area contributed by atoms with Crippen LogP contribution in [0.4, 0.5) is 14.5 Å². The lowest BCUT2D eigenvalue weighted by Gasteiger charge is -2.13. The summed E-state index contributed by atoms with van der Waals surface area (Å²) in [5.41, 5.74) is 5.96. The van der Waals surface area contributed by atoms with Gasteiger partial charge in [-0.05, 0) is 6.07 Å². The van der Waals surface area contributed by atoms with E-state index in [-0.39, 0.29) is 16.8 Å². The highest BCUT2D eigenvalue weighted by molar-refractivity contribution is 5.88. The lowest BCUT2D eigenvalue weighted by molar-refractivity contribution is 0.355. The zero-order chi connectivity index (χ0) is 17.3. The molecule has 3 rings (SSSR count). The third-order valence-electron chi connectivity index (χ3n) is 3.31. The van der Waals surface area contributed by atoms with Crippen molar-refractivity contribution >= 4 is 16.6 Å². The summed E-state index contributed by atoms with van der Waals surface area (Å²) in [5.74, 6) is -1.42. The van der Waals surface area contributed by atoms with E-state index in [1.165, 1.54) is 26.5 Å². The van der Waals surface area contributed by atoms with Crippen molar-refractivity contribution in [3.63, 3.8) is 0 Å². The third-order valence-corrected chi connectivity index (χ3v) is 3.31. The van der Waals surface area contributed by atoms with Crippen molar-refractivity contribution in [2.45, 2.75) is 0 Å². The topological polar surface area (TPSA) is 79.5 Å². The van der Waals surface area contributed by atoms with Gasteiger partial charge in [0.2, 0.25) is 0 Å². The van der Waals surface area contributed by atoms with E-state index < -0.39 is 17.5 Å². The standard InChI is InChI=1S/C16H13F2N3O3/c1-22-13-4-9-12(5-14(13)23-2)20-7-11(18)15(9)24-16-10(17)3-8(19)6-21-16/h3-7H,19H2,1-2H3. The van der Waals surface area contributed by atoms with Crippen LogP contribution in [0.15, 0.2) is 30.6 Å². The molecule has 0 saturated carbocycles. The molecule has 8 heteroatoms. The number of nitrogen functional groups attached to an aromatic ring is 1. The maximum atomic E-state index is 14.2. The average Bonchev–Trinajstić information content (AvgIpc) is 2.58. The van der Waals surface area contributed by atoms with E-state index in [9.17, 15) is 8.78 Å². The van der Waals surface area contributed by atoms with Gasteiger partial charge in [-0.1, -0.05) is 0 Å². The van der Waals surface area contributed by atoms with Gasteiger partial charge in [0.1, 0.15) is 0 Å². The predicted molar refractivity (Wildman–Crippen MR) is 83.5 cm³/mol. The number of halogens is 2. The highest BCUT2D eigenvalue weighted by Gasteiger charge is 2.17. The Kier molecular flexibility index (Phi) is 4.03. The summed E-state index contributed by atoms with van der Waals surface area (Å²) in [6, 6.07) is 4.09. The first-order chi connectivity index (χ1) is 11.5. The molecule has 124 valence electrons. The Hall–Kier alpha value is -3.16. The lowest BCUT2D eigenvalue weighted by atomic mass is 10.1. The molecule has 1 aromatic carbocycles. The van der Waals surface area contributed by atoms with Gasteiger partial charge < -0.3 is 19.9 Å². The van der Waals surface area contributed by atoms with Crippen molar-refractivity contribution in [1.82, 2.24) is 9.97 Å². The molecule has 2 N–H and O–H groups in total. The molecular formula is C16H13F2N3O3. The van der Waals surface area contributed by atoms with Gasteiger partial charge in [-0.3, -0.25) is 4.98 Å². The minimum absolute atomic E-state index is 0.131. The Labute approximate surface area is 135 Å². The van der Waals surface area contributed by atoms with Gasteiger partial charge in [-0.15, -0.1) is 0 Å². The van der Waals surface area contributed by atoms with Gasteiger partial charge in [-0.2, -0.15) is 0 Å². The zero-order valence-corrected chi connectivity index (χ0v) is 12.8. The molecular weight excluding hydrogens is 320 g/mol. The summed E-state index contributed by atoms with van der Waals surface area (Å²) < 4.78 is 43.8. The zero-order valence-electron chi connectivity index (χ0n) is 12.8. The molecule has 24 heavy (non-hydrogen) atoms. The second-order valence-corrected chi connectivity index (χ2v) is 4.82. The molecule has 0 bridgehead atoms. The number of methoxy groups -OCH3 is 2. The van der Waals surface area contributed by atoms with E-state index in [4.69, 9.17) is 19.9 Å². The number of pyridine rings is 2. The van der Waals surface area contributed by atoms with Crippen molar-refractivity contribution < 1.29 is 23.0 Å². The molecule has 0 aliphatic carbocycles. The molecule has 0 unspecified atom stereocenters. The number of nitrogens with two attached hydrogens (primary N) is 1. The summed E-state index contributed by atoms with van der Waals surface area (Å²) in [6.45, 7) is 0. The number of ether oxygens (including phenoxy) is 3. The van der Waals surface area contributed by atoms with Gasteiger partial charge in [0.25, 0.3) is 5.88 Å². The second-order valence-electron chi connectivity index (χ2n) is 4.82. The van der Waals surface area contributed by atoms with E-state index in [0.717, 1.165) is 12.3 Å². The quantitative estimate of drug-likeness (QED) is 0.789. The number of aromatic nitrogens is 2. The van der Waals surface area contributed by atoms with Crippen LogP contribution in [0, 0.1) is 11.6 Å². The largest absolute Gasteiger partial charge is 0.493 e. The summed E-state index contributed by atoms with van der Waals surface area (Å²) in [6.07, 6.45) is 2.18. The van der Waals surface area contributed by atoms with Crippen LogP contribution in [0.1, 0.15) is 0 Å². The van der Waals surface area contributed by atoms with E-state index in [1.54, 1.807) is 6.07 Å². The Bertz CT molecular complexity index is 919. The number of hydrogen-bond donors (Lipinski definition) is 1. The number of rotatable bonds is 4. The number of fused-ring (bicyclic) bond motifs is 1. The first-order valence-corrected chi connectivity index (χ1v) is 6.82. The van der Waals surface area contributed by atoms with Crippen LogP contribution in [0.3, 0.4) is 0 Å². The van der Waals surface area contributed by atoms with Crippen molar-refractivity contribution in [1.29, 1.82) is 0 Å². The van der Waals surface area contributed by atoms with E-state index in [1.807, 2.05) is 0 Å². The number of anilines is 1. The Morgan fingerprint density at radius 2 is 1.62 bits per heavy atom. The van der Waals surface area contributed by atoms with Crippen LogP contribution < -0.4 is 19.9 Å². The van der Waals surface area contributed by atoms with Gasteiger partial charge in [0.05, 0.1) is 43.2 Å². The predicted octanol–water partition coefficient (Wildman–Crippen LogP) is 3.30. The summed E-state index contributed by atoms with van der Waals surface area (Å²) >= 11 is 0. The van der Waals surface area contributed by atoms with Crippen molar-refractivity contribution in [2.75, 3.05) is 20.0 Å². The SMILES string of the molecule is COc1cc2ncc(F)c(Oc3ncc(N)cc3F)c2cc1OC. The Morgan fingerprint density at radius 3 is 2.29 bits per heavy atom. The van der Waals surface area contributed by atoms with Gasteiger partial charge in [0.15, 0.2) is 28.9 Å². The van der Waals surface area contributed by atoms with Crippen LogP contribution >= 0.6 is 0 Å². The lowest BCUT2D eigenvalue weighted by Crippen LogP contribution is -1.99. The summed E-state index contributed by atoms with van der Waals surface area (Å²) in [5, 5.41) is 0.283. The fourth-order valence-electron chi connectivity index (χ4n) is 2.19. The number of benzene rings is 1. The van der Waals surface area contributed by atoms with Gasteiger partial charge in [0, 0.05) is 12.1 Å². The molecule has 0 radical (unpaired) electrons. The van der Waals surface area contributed by atoms with Gasteiger partial charge in [-0.25, -0.2) is 13.8 Å². The fourth-order valence-corrected chi connectivity index (χ4v) is 2.19. The molecule has 0 amide bonds. The molecule has 3 aromatic rings. The minimum Gasteiger partial charge on any atom is -0.493 e. The normalized spacial score (nSPS) is 10.7. The summed E-state index contributed by atoms with van der Waals surface area (Å²) in [7, 11) is 2.91. The van der Waals surface area contributed by atoms with Crippen molar-refractivity contribution in [3.8, 4) is 23.1 Å². The van der Waals surface area contributed by atoms with E-state index in [2.05, 4.69) is 9.97 Å². The third kappa shape index (κ3) is 2.73. The molecule has 2 aromatic heterocycles. The van der Waals surface area contributed by atoms with Gasteiger partial charge >= 0.3 is 0 Å². The molecule has 0 aliphatic heterocycles. The molecule has 0 saturated heterocycles. The highest BCUT2D eigenvalue weighted by Crippen LogP contribution is 2.38. The molecule has 0 spiro atoms. The average molecular weight is 333 g/mol. The highest BCUT2D eigenvalue weighted by atomic mass is 19.1. The molecule has 0 atom stereocenters. The number of nitrogens with zero attached hydrogens (tertiary/aromatic N) is 2. The van der Waals surface area contributed by atoms with Crippen LogP contribution in [0.2, 0.25) is 0 Å². The maximum Gasteiger partial charge on any atom is 0.256 e. The smallest absolute Gasteiger partial charge is 0.256 e. The maximum absolute atomic E-state index is 14.2. The summed E-state index contributed by atoms with van der Waals surface area (Å²) in [4.78, 5) is 7.71. The first-order valence-electron chi connectivity index (χ1n) is 6.82. The first kappa shape index (κ1) is 15.7. The molecule has 2 heterocycles.